The van der Waals surface area contributed by atoms with Gasteiger partial charge in [0.2, 0.25) is 0 Å². The molecule has 0 radical (unpaired) electrons. The molecule has 0 spiro atoms. The van der Waals surface area contributed by atoms with Crippen LogP contribution < -0.4 is 10.2 Å². The fourth-order valence-electron chi connectivity index (χ4n) is 2.06. The number of ketones is 1. The van der Waals surface area contributed by atoms with E-state index in [1.165, 1.54) is 6.92 Å². The molecule has 0 atom stereocenters. The van der Waals surface area contributed by atoms with Crippen LogP contribution in [0.5, 0.6) is 5.75 Å². The summed E-state index contributed by atoms with van der Waals surface area (Å²) in [5, 5.41) is 9.75. The smallest absolute Gasteiger partial charge is 0.486 e. The van der Waals surface area contributed by atoms with E-state index in [1.807, 2.05) is 19.1 Å². The fourth-order valence-corrected chi connectivity index (χ4v) is 2.06. The van der Waals surface area contributed by atoms with Gasteiger partial charge in [0, 0.05) is 0 Å². The third-order valence-electron chi connectivity index (χ3n) is 2.83. The fraction of sp³-hybridized carbons (Fsp3) is 0.417. The van der Waals surface area contributed by atoms with Gasteiger partial charge in [0.05, 0.1) is 6.61 Å². The minimum Gasteiger partial charge on any atom is -0.486 e. The largest absolute Gasteiger partial charge is 0.492 e. The van der Waals surface area contributed by atoms with Crippen LogP contribution in [0.4, 0.5) is 0 Å². The van der Waals surface area contributed by atoms with Crippen molar-refractivity contribution in [3.63, 3.8) is 0 Å². The number of Topliss-reactive ketones (excluding diaryl/α,β-unsaturated/α-hetero) is 1. The summed E-state index contributed by atoms with van der Waals surface area (Å²) in [5.41, 5.74) is 2.71. The predicted molar refractivity (Wildman–Crippen MR) is 64.4 cm³/mol. The minimum absolute atomic E-state index is 0.0237. The Hall–Kier alpha value is -1.33. The standard InChI is InChI=1S/C12H15BO4/c1-3-10-11(16-6-8(2)14)5-4-9-7-17-13(15)12(9)10/h4-5,15H,3,6-7H2,1-2H3. The second kappa shape index (κ2) is 4.90. The van der Waals surface area contributed by atoms with Gasteiger partial charge >= 0.3 is 7.12 Å². The summed E-state index contributed by atoms with van der Waals surface area (Å²) >= 11 is 0. The van der Waals surface area contributed by atoms with Crippen molar-refractivity contribution in [1.29, 1.82) is 0 Å². The Morgan fingerprint density at radius 3 is 3.00 bits per heavy atom. The third-order valence-corrected chi connectivity index (χ3v) is 2.83. The van der Waals surface area contributed by atoms with Crippen LogP contribution in [-0.4, -0.2) is 24.5 Å². The topological polar surface area (TPSA) is 55.8 Å². The molecule has 17 heavy (non-hydrogen) atoms. The van der Waals surface area contributed by atoms with E-state index in [-0.39, 0.29) is 12.4 Å². The zero-order valence-electron chi connectivity index (χ0n) is 10.0. The molecule has 0 unspecified atom stereocenters. The Kier molecular flexibility index (Phi) is 3.50. The molecule has 0 amide bonds. The van der Waals surface area contributed by atoms with Gasteiger partial charge in [-0.2, -0.15) is 0 Å². The van der Waals surface area contributed by atoms with Gasteiger partial charge in [-0.1, -0.05) is 13.0 Å². The maximum atomic E-state index is 10.9. The summed E-state index contributed by atoms with van der Waals surface area (Å²) in [6.45, 7) is 3.96. The highest BCUT2D eigenvalue weighted by molar-refractivity contribution is 6.62. The van der Waals surface area contributed by atoms with Crippen molar-refractivity contribution in [1.82, 2.24) is 0 Å². The lowest BCUT2D eigenvalue weighted by Crippen LogP contribution is -2.32. The van der Waals surface area contributed by atoms with Gasteiger partial charge in [-0.05, 0) is 36.0 Å². The average Bonchev–Trinajstić information content (AvgIpc) is 2.68. The number of rotatable bonds is 4. The summed E-state index contributed by atoms with van der Waals surface area (Å²) < 4.78 is 10.6. The first kappa shape index (κ1) is 12.1. The van der Waals surface area contributed by atoms with Crippen LogP contribution in [0.25, 0.3) is 0 Å². The Morgan fingerprint density at radius 1 is 1.59 bits per heavy atom. The Bertz CT molecular complexity index is 444. The molecular formula is C12H15BO4. The molecule has 5 heteroatoms. The zero-order valence-corrected chi connectivity index (χ0v) is 10.0. The normalized spacial score (nSPS) is 13.7. The Labute approximate surface area is 101 Å². The van der Waals surface area contributed by atoms with E-state index in [0.29, 0.717) is 12.4 Å². The van der Waals surface area contributed by atoms with Gasteiger partial charge in [-0.25, -0.2) is 0 Å². The lowest BCUT2D eigenvalue weighted by Gasteiger charge is -2.13. The second-order valence-electron chi connectivity index (χ2n) is 4.12. The molecule has 1 N–H and O–H groups in total. The molecule has 0 fully saturated rings. The maximum Gasteiger partial charge on any atom is 0.492 e. The van der Waals surface area contributed by atoms with Crippen LogP contribution in [0.1, 0.15) is 25.0 Å². The molecule has 4 nitrogen and oxygen atoms in total. The van der Waals surface area contributed by atoms with Gasteiger partial charge in [-0.3, -0.25) is 4.79 Å². The highest BCUT2D eigenvalue weighted by Crippen LogP contribution is 2.23. The summed E-state index contributed by atoms with van der Waals surface area (Å²) in [6.07, 6.45) is 0.733. The number of benzene rings is 1. The number of hydrogen-bond donors (Lipinski definition) is 1. The monoisotopic (exact) mass is 234 g/mol. The van der Waals surface area contributed by atoms with Gasteiger partial charge in [-0.15, -0.1) is 0 Å². The van der Waals surface area contributed by atoms with Crippen LogP contribution in [0, 0.1) is 0 Å². The van der Waals surface area contributed by atoms with Crippen LogP contribution in [0.15, 0.2) is 12.1 Å². The molecule has 1 aromatic rings. The van der Waals surface area contributed by atoms with Gasteiger partial charge in [0.25, 0.3) is 0 Å². The molecule has 90 valence electrons. The van der Waals surface area contributed by atoms with E-state index in [1.54, 1.807) is 0 Å². The first-order valence-electron chi connectivity index (χ1n) is 5.70. The van der Waals surface area contributed by atoms with Gasteiger partial charge in [0.1, 0.15) is 12.4 Å². The first-order valence-corrected chi connectivity index (χ1v) is 5.70. The highest BCUT2D eigenvalue weighted by Gasteiger charge is 2.31. The van der Waals surface area contributed by atoms with Crippen molar-refractivity contribution < 1.29 is 19.2 Å². The van der Waals surface area contributed by atoms with Crippen molar-refractivity contribution in [2.45, 2.75) is 26.9 Å². The minimum atomic E-state index is -0.874. The second-order valence-corrected chi connectivity index (χ2v) is 4.12. The van der Waals surface area contributed by atoms with E-state index >= 15 is 0 Å². The zero-order chi connectivity index (χ0) is 12.4. The number of carbonyl (C=O) groups excluding carboxylic acids is 1. The molecule has 0 saturated heterocycles. The maximum absolute atomic E-state index is 10.9. The summed E-state index contributed by atoms with van der Waals surface area (Å²) in [4.78, 5) is 10.9. The quantitative estimate of drug-likeness (QED) is 0.767. The van der Waals surface area contributed by atoms with Crippen molar-refractivity contribution in [3.8, 4) is 5.75 Å². The van der Waals surface area contributed by atoms with Crippen LogP contribution in [0.3, 0.4) is 0 Å². The predicted octanol–water partition coefficient (Wildman–Crippen LogP) is 0.434. The van der Waals surface area contributed by atoms with Crippen LogP contribution in [0.2, 0.25) is 0 Å². The number of ether oxygens (including phenoxy) is 1. The van der Waals surface area contributed by atoms with Crippen LogP contribution >= 0.6 is 0 Å². The molecule has 0 aliphatic carbocycles. The van der Waals surface area contributed by atoms with Crippen molar-refractivity contribution >= 4 is 18.4 Å². The van der Waals surface area contributed by atoms with E-state index in [9.17, 15) is 9.82 Å². The van der Waals surface area contributed by atoms with Gasteiger partial charge < -0.3 is 14.4 Å². The van der Waals surface area contributed by atoms with Crippen molar-refractivity contribution in [3.05, 3.63) is 23.3 Å². The van der Waals surface area contributed by atoms with E-state index in [0.717, 1.165) is 23.0 Å². The SMILES string of the molecule is CCc1c(OCC(C)=O)ccc2c1B(O)OC2. The Balaban J connectivity index is 2.34. The summed E-state index contributed by atoms with van der Waals surface area (Å²) in [5.74, 6) is 0.635. The first-order chi connectivity index (χ1) is 8.13. The molecular weight excluding hydrogens is 219 g/mol. The number of fused-ring (bicyclic) bond motifs is 1. The molecule has 1 aliphatic heterocycles. The van der Waals surface area contributed by atoms with E-state index in [4.69, 9.17) is 9.39 Å². The Morgan fingerprint density at radius 2 is 2.35 bits per heavy atom. The lowest BCUT2D eigenvalue weighted by molar-refractivity contribution is -0.118. The molecule has 1 aliphatic rings. The summed E-state index contributed by atoms with van der Waals surface area (Å²) in [7, 11) is -0.874. The highest BCUT2D eigenvalue weighted by atomic mass is 16.5. The lowest BCUT2D eigenvalue weighted by atomic mass is 9.75. The van der Waals surface area contributed by atoms with Crippen LogP contribution in [-0.2, 0) is 22.5 Å². The molecule has 0 saturated carbocycles. The average molecular weight is 234 g/mol. The number of hydrogen-bond acceptors (Lipinski definition) is 4. The van der Waals surface area contributed by atoms with Crippen molar-refractivity contribution in [2.24, 2.45) is 0 Å². The molecule has 0 bridgehead atoms. The summed E-state index contributed by atoms with van der Waals surface area (Å²) in [6, 6.07) is 3.71. The molecule has 1 aromatic carbocycles. The van der Waals surface area contributed by atoms with E-state index < -0.39 is 7.12 Å². The molecule has 0 aromatic heterocycles. The third kappa shape index (κ3) is 2.35. The van der Waals surface area contributed by atoms with E-state index in [2.05, 4.69) is 0 Å². The number of carbonyl (C=O) groups is 1. The van der Waals surface area contributed by atoms with Gasteiger partial charge in [0.15, 0.2) is 5.78 Å². The molecule has 1 heterocycles. The van der Waals surface area contributed by atoms with Crippen molar-refractivity contribution in [2.75, 3.05) is 6.61 Å². The molecule has 2 rings (SSSR count).